The average Bonchev–Trinajstić information content (AvgIpc) is 3.36. The van der Waals surface area contributed by atoms with Crippen LogP contribution in [0.4, 0.5) is 17.6 Å². The zero-order chi connectivity index (χ0) is 23.3. The molecule has 0 saturated carbocycles. The number of fused-ring (bicyclic) bond motifs is 1. The molecule has 0 aliphatic carbocycles. The number of nitrogens with zero attached hydrogens (tertiary/aromatic N) is 2. The van der Waals surface area contributed by atoms with Gasteiger partial charge in [0.1, 0.15) is 27.8 Å². The molecule has 2 N–H and O–H groups in total. The number of alkyl halides is 3. The monoisotopic (exact) mass is 534 g/mol. The lowest BCUT2D eigenvalue weighted by Gasteiger charge is -2.05. The third-order valence-corrected chi connectivity index (χ3v) is 5.99. The summed E-state index contributed by atoms with van der Waals surface area (Å²) in [5.41, 5.74) is 2.13. The van der Waals surface area contributed by atoms with Gasteiger partial charge in [-0.25, -0.2) is 14.4 Å². The number of halogens is 6. The van der Waals surface area contributed by atoms with Crippen LogP contribution in [-0.4, -0.2) is 19.9 Å². The van der Waals surface area contributed by atoms with Crippen LogP contribution in [0.3, 0.4) is 0 Å². The molecule has 0 spiro atoms. The average molecular weight is 536 g/mol. The van der Waals surface area contributed by atoms with E-state index in [1.165, 1.54) is 18.2 Å². The molecule has 5 aromatic rings. The second-order valence-corrected chi connectivity index (χ2v) is 8.44. The van der Waals surface area contributed by atoms with Crippen LogP contribution < -0.4 is 0 Å². The molecule has 0 aliphatic heterocycles. The lowest BCUT2D eigenvalue weighted by atomic mass is 10.1. The van der Waals surface area contributed by atoms with Gasteiger partial charge < -0.3 is 9.97 Å². The first-order valence-electron chi connectivity index (χ1n) is 9.58. The topological polar surface area (TPSA) is 57.4 Å². The molecule has 0 bridgehead atoms. The van der Waals surface area contributed by atoms with E-state index in [1.54, 1.807) is 30.3 Å². The number of hydrogen-bond donors (Lipinski definition) is 2. The minimum Gasteiger partial charge on any atom is -0.338 e. The van der Waals surface area contributed by atoms with Gasteiger partial charge in [0, 0.05) is 11.1 Å². The van der Waals surface area contributed by atoms with Gasteiger partial charge in [-0.1, -0.05) is 41.9 Å². The van der Waals surface area contributed by atoms with Crippen LogP contribution in [-0.2, 0) is 6.18 Å². The van der Waals surface area contributed by atoms with Gasteiger partial charge in [0.25, 0.3) is 0 Å². The van der Waals surface area contributed by atoms with Crippen molar-refractivity contribution < 1.29 is 17.6 Å². The summed E-state index contributed by atoms with van der Waals surface area (Å²) >= 11 is 9.56. The van der Waals surface area contributed by atoms with Crippen LogP contribution in [0.5, 0.6) is 0 Å². The highest BCUT2D eigenvalue weighted by molar-refractivity contribution is 9.10. The molecule has 0 aliphatic rings. The molecular formula is C23H12BrClF4N4. The first kappa shape index (κ1) is 21.7. The number of imidazole rings is 2. The number of hydrogen-bond acceptors (Lipinski definition) is 2. The van der Waals surface area contributed by atoms with Crippen LogP contribution in [0.25, 0.3) is 45.1 Å². The molecule has 33 heavy (non-hydrogen) atoms. The van der Waals surface area contributed by atoms with Gasteiger partial charge in [0.2, 0.25) is 0 Å². The van der Waals surface area contributed by atoms with Crippen molar-refractivity contribution in [1.29, 1.82) is 0 Å². The number of nitrogens with one attached hydrogen (secondary N) is 2. The summed E-state index contributed by atoms with van der Waals surface area (Å²) in [7, 11) is 0. The maximum atomic E-state index is 14.3. The molecule has 2 aromatic heterocycles. The molecule has 5 rings (SSSR count). The first-order valence-corrected chi connectivity index (χ1v) is 10.8. The maximum Gasteiger partial charge on any atom is 0.416 e. The van der Waals surface area contributed by atoms with Crippen LogP contribution >= 0.6 is 27.5 Å². The van der Waals surface area contributed by atoms with Gasteiger partial charge >= 0.3 is 6.18 Å². The quantitative estimate of drug-likeness (QED) is 0.231. The Kier molecular flexibility index (Phi) is 5.25. The molecule has 0 unspecified atom stereocenters. The van der Waals surface area contributed by atoms with Gasteiger partial charge in [0.15, 0.2) is 0 Å². The highest BCUT2D eigenvalue weighted by Gasteiger charge is 2.30. The minimum atomic E-state index is -4.43. The second-order valence-electron chi connectivity index (χ2n) is 7.24. The minimum absolute atomic E-state index is 0.170. The molecule has 4 nitrogen and oxygen atoms in total. The highest BCUT2D eigenvalue weighted by atomic mass is 79.9. The molecular weight excluding hydrogens is 524 g/mol. The number of rotatable bonds is 3. The molecule has 0 saturated heterocycles. The zero-order valence-electron chi connectivity index (χ0n) is 16.4. The van der Waals surface area contributed by atoms with E-state index in [9.17, 15) is 17.6 Å². The van der Waals surface area contributed by atoms with Crippen molar-refractivity contribution in [2.75, 3.05) is 0 Å². The molecule has 0 atom stereocenters. The number of benzene rings is 3. The van der Waals surface area contributed by atoms with Gasteiger partial charge in [-0.05, 0) is 46.3 Å². The Morgan fingerprint density at radius 1 is 0.848 bits per heavy atom. The predicted molar refractivity (Wildman–Crippen MR) is 122 cm³/mol. The fraction of sp³-hybridized carbons (Fsp3) is 0.0435. The summed E-state index contributed by atoms with van der Waals surface area (Å²) in [6, 6.07) is 14.9. The summed E-state index contributed by atoms with van der Waals surface area (Å²) < 4.78 is 53.7. The van der Waals surface area contributed by atoms with E-state index in [0.29, 0.717) is 32.7 Å². The van der Waals surface area contributed by atoms with Crippen LogP contribution in [0.2, 0.25) is 5.02 Å². The normalized spacial score (nSPS) is 11.9. The van der Waals surface area contributed by atoms with E-state index < -0.39 is 17.6 Å². The summed E-state index contributed by atoms with van der Waals surface area (Å²) in [4.78, 5) is 14.8. The summed E-state index contributed by atoms with van der Waals surface area (Å²) in [5, 5.41) is 0.233. The van der Waals surface area contributed by atoms with Gasteiger partial charge in [0.05, 0.1) is 27.2 Å². The van der Waals surface area contributed by atoms with Crippen molar-refractivity contribution in [2.45, 2.75) is 6.18 Å². The van der Waals surface area contributed by atoms with Crippen molar-refractivity contribution in [1.82, 2.24) is 19.9 Å². The third kappa shape index (κ3) is 4.02. The Morgan fingerprint density at radius 3 is 2.27 bits per heavy atom. The Balaban J connectivity index is 1.48. The predicted octanol–water partition coefficient (Wildman–Crippen LogP) is 7.86. The largest absolute Gasteiger partial charge is 0.416 e. The summed E-state index contributed by atoms with van der Waals surface area (Å²) in [5.74, 6) is 0.224. The van der Waals surface area contributed by atoms with E-state index in [1.807, 2.05) is 0 Å². The molecule has 0 amide bonds. The SMILES string of the molecule is Fc1cccc(Cl)c1-c1nc(-c2ccc(-c3nc4ccc(C(F)(F)F)cc4[nH]3)cc2)c(Br)[nH]1. The Bertz CT molecular complexity index is 1470. The van der Waals surface area contributed by atoms with Crippen molar-refractivity contribution >= 4 is 38.6 Å². The van der Waals surface area contributed by atoms with Crippen LogP contribution in [0.15, 0.2) is 65.3 Å². The van der Waals surface area contributed by atoms with Crippen molar-refractivity contribution in [3.05, 3.63) is 81.7 Å². The molecule has 3 aromatic carbocycles. The molecule has 2 heterocycles. The van der Waals surface area contributed by atoms with Crippen molar-refractivity contribution in [3.8, 4) is 34.0 Å². The molecule has 0 radical (unpaired) electrons. The van der Waals surface area contributed by atoms with Crippen molar-refractivity contribution in [2.24, 2.45) is 0 Å². The number of aromatic amines is 2. The Morgan fingerprint density at radius 2 is 1.58 bits per heavy atom. The zero-order valence-corrected chi connectivity index (χ0v) is 18.8. The number of H-pyrrole nitrogens is 2. The Hall–Kier alpha value is -3.17. The molecule has 166 valence electrons. The summed E-state index contributed by atoms with van der Waals surface area (Å²) in [6.45, 7) is 0. The molecule has 10 heteroatoms. The standard InChI is InChI=1S/C23H12BrClF4N4/c24-20-19(32-22(33-20)18-14(25)2-1-3-15(18)26)11-4-6-12(7-5-11)21-30-16-9-8-13(23(27,28)29)10-17(16)31-21/h1-10H,(H,30,31)(H,32,33). The number of aromatic nitrogens is 4. The van der Waals surface area contributed by atoms with Crippen LogP contribution in [0.1, 0.15) is 5.56 Å². The van der Waals surface area contributed by atoms with Crippen molar-refractivity contribution in [3.63, 3.8) is 0 Å². The fourth-order valence-corrected chi connectivity index (χ4v) is 4.25. The van der Waals surface area contributed by atoms with Gasteiger partial charge in [-0.3, -0.25) is 0 Å². The van der Waals surface area contributed by atoms with E-state index in [-0.39, 0.29) is 16.4 Å². The maximum absolute atomic E-state index is 14.3. The van der Waals surface area contributed by atoms with E-state index in [4.69, 9.17) is 11.6 Å². The fourth-order valence-electron chi connectivity index (χ4n) is 3.49. The van der Waals surface area contributed by atoms with Crippen LogP contribution in [0, 0.1) is 5.82 Å². The lowest BCUT2D eigenvalue weighted by Crippen LogP contribution is -2.04. The van der Waals surface area contributed by atoms with E-state index in [2.05, 4.69) is 35.9 Å². The summed E-state index contributed by atoms with van der Waals surface area (Å²) in [6.07, 6.45) is -4.43. The highest BCUT2D eigenvalue weighted by Crippen LogP contribution is 2.35. The smallest absolute Gasteiger partial charge is 0.338 e. The lowest BCUT2D eigenvalue weighted by molar-refractivity contribution is -0.137. The molecule has 0 fully saturated rings. The van der Waals surface area contributed by atoms with Gasteiger partial charge in [-0.15, -0.1) is 0 Å². The van der Waals surface area contributed by atoms with Gasteiger partial charge in [-0.2, -0.15) is 13.2 Å². The first-order chi connectivity index (χ1) is 15.7. The van der Waals surface area contributed by atoms with E-state index >= 15 is 0 Å². The third-order valence-electron chi connectivity index (χ3n) is 5.10. The Labute approximate surface area is 197 Å². The second kappa shape index (κ2) is 8.00. The van der Waals surface area contributed by atoms with E-state index in [0.717, 1.165) is 17.7 Å².